The third-order valence-electron chi connectivity index (χ3n) is 2.78. The molecule has 0 fully saturated rings. The summed E-state index contributed by atoms with van der Waals surface area (Å²) in [5.74, 6) is -0.171. The number of carbonyl (C=O) groups is 1. The number of sulfonamides is 1. The topological polar surface area (TPSA) is 66.5 Å². The summed E-state index contributed by atoms with van der Waals surface area (Å²) in [4.78, 5) is 10.9. The Morgan fingerprint density at radius 2 is 1.79 bits per heavy atom. The maximum atomic E-state index is 11.9. The van der Waals surface area contributed by atoms with E-state index >= 15 is 0 Å². The normalized spacial score (nSPS) is 11.2. The van der Waals surface area contributed by atoms with Gasteiger partial charge in [-0.25, -0.2) is 8.42 Å². The lowest BCUT2D eigenvalue weighted by molar-refractivity contribution is -0.118. The van der Waals surface area contributed by atoms with Crippen molar-refractivity contribution < 1.29 is 13.2 Å². The molecule has 1 N–H and O–H groups in total. The highest BCUT2D eigenvalue weighted by atomic mass is 32.2. The molecule has 0 bridgehead atoms. The van der Waals surface area contributed by atoms with Crippen LogP contribution in [0.15, 0.2) is 18.2 Å². The number of para-hydroxylation sites is 1. The van der Waals surface area contributed by atoms with Crippen molar-refractivity contribution in [3.05, 3.63) is 29.3 Å². The Bertz CT molecular complexity index is 547. The molecular weight excluding hydrogens is 264 g/mol. The van der Waals surface area contributed by atoms with E-state index in [2.05, 4.69) is 5.32 Å². The number of hydrogen-bond acceptors (Lipinski definition) is 3. The van der Waals surface area contributed by atoms with Gasteiger partial charge in [-0.2, -0.15) is 0 Å². The van der Waals surface area contributed by atoms with E-state index in [1.165, 1.54) is 17.5 Å². The number of carbonyl (C=O) groups excluding carboxylic acids is 1. The van der Waals surface area contributed by atoms with Crippen molar-refractivity contribution in [2.45, 2.75) is 20.8 Å². The lowest BCUT2D eigenvalue weighted by Gasteiger charge is -2.26. The minimum absolute atomic E-state index is 0.171. The standard InChI is InChI=1S/C13H20N2O3S/c1-10-6-5-7-11(2)13(10)15(19(4,17)18)9-8-14-12(3)16/h5-7H,8-9H2,1-4H3,(H,14,16). The van der Waals surface area contributed by atoms with Gasteiger partial charge in [-0.1, -0.05) is 18.2 Å². The Labute approximate surface area is 114 Å². The zero-order valence-corrected chi connectivity index (χ0v) is 12.5. The van der Waals surface area contributed by atoms with Crippen molar-refractivity contribution >= 4 is 21.6 Å². The molecule has 0 aromatic heterocycles. The molecule has 1 aromatic carbocycles. The Morgan fingerprint density at radius 1 is 1.26 bits per heavy atom. The highest BCUT2D eigenvalue weighted by Crippen LogP contribution is 2.26. The van der Waals surface area contributed by atoms with Gasteiger partial charge in [0.15, 0.2) is 0 Å². The number of nitrogens with one attached hydrogen (secondary N) is 1. The highest BCUT2D eigenvalue weighted by molar-refractivity contribution is 7.92. The van der Waals surface area contributed by atoms with E-state index < -0.39 is 10.0 Å². The summed E-state index contributed by atoms with van der Waals surface area (Å²) in [7, 11) is -3.38. The molecule has 0 heterocycles. The predicted octanol–water partition coefficient (Wildman–Crippen LogP) is 1.21. The van der Waals surface area contributed by atoms with Crippen LogP contribution in [-0.4, -0.2) is 33.7 Å². The second-order valence-corrected chi connectivity index (χ2v) is 6.47. The second kappa shape index (κ2) is 6.06. The molecular formula is C13H20N2O3S. The molecule has 6 heteroatoms. The van der Waals surface area contributed by atoms with Crippen molar-refractivity contribution in [2.75, 3.05) is 23.7 Å². The van der Waals surface area contributed by atoms with Crippen molar-refractivity contribution in [1.29, 1.82) is 0 Å². The van der Waals surface area contributed by atoms with Crippen LogP contribution in [0, 0.1) is 13.8 Å². The van der Waals surface area contributed by atoms with E-state index in [9.17, 15) is 13.2 Å². The molecule has 19 heavy (non-hydrogen) atoms. The van der Waals surface area contributed by atoms with Crippen molar-refractivity contribution in [3.8, 4) is 0 Å². The zero-order chi connectivity index (χ0) is 14.6. The molecule has 1 amide bonds. The van der Waals surface area contributed by atoms with Gasteiger partial charge in [-0.15, -0.1) is 0 Å². The summed E-state index contributed by atoms with van der Waals surface area (Å²) in [5.41, 5.74) is 2.48. The SMILES string of the molecule is CC(=O)NCCN(c1c(C)cccc1C)S(C)(=O)=O. The van der Waals surface area contributed by atoms with Gasteiger partial charge in [0.25, 0.3) is 0 Å². The molecule has 0 aliphatic carbocycles. The van der Waals surface area contributed by atoms with E-state index in [1.807, 2.05) is 32.0 Å². The van der Waals surface area contributed by atoms with E-state index in [-0.39, 0.29) is 19.0 Å². The Balaban J connectivity index is 3.08. The summed E-state index contributed by atoms with van der Waals surface area (Å²) in [6.45, 7) is 5.67. The minimum Gasteiger partial charge on any atom is -0.355 e. The van der Waals surface area contributed by atoms with Crippen LogP contribution < -0.4 is 9.62 Å². The van der Waals surface area contributed by atoms with Gasteiger partial charge in [-0.3, -0.25) is 9.10 Å². The van der Waals surface area contributed by atoms with Gasteiger partial charge in [0.05, 0.1) is 18.5 Å². The average molecular weight is 284 g/mol. The first kappa shape index (κ1) is 15.5. The van der Waals surface area contributed by atoms with Gasteiger partial charge in [-0.05, 0) is 25.0 Å². The lowest BCUT2D eigenvalue weighted by Crippen LogP contribution is -2.38. The summed E-state index contributed by atoms with van der Waals surface area (Å²) in [6.07, 6.45) is 1.17. The number of amides is 1. The van der Waals surface area contributed by atoms with Gasteiger partial charge in [0, 0.05) is 13.5 Å². The third-order valence-corrected chi connectivity index (χ3v) is 3.94. The average Bonchev–Trinajstić information content (AvgIpc) is 2.24. The quantitative estimate of drug-likeness (QED) is 0.883. The van der Waals surface area contributed by atoms with Crippen LogP contribution >= 0.6 is 0 Å². The van der Waals surface area contributed by atoms with E-state index in [0.717, 1.165) is 11.1 Å². The first-order chi connectivity index (χ1) is 8.73. The monoisotopic (exact) mass is 284 g/mol. The Kier molecular flexibility index (Phi) is 4.94. The zero-order valence-electron chi connectivity index (χ0n) is 11.7. The second-order valence-electron chi connectivity index (χ2n) is 4.56. The number of hydrogen-bond donors (Lipinski definition) is 1. The maximum Gasteiger partial charge on any atom is 0.232 e. The molecule has 106 valence electrons. The van der Waals surface area contributed by atoms with Crippen molar-refractivity contribution in [1.82, 2.24) is 5.32 Å². The van der Waals surface area contributed by atoms with Crippen LogP contribution in [0.5, 0.6) is 0 Å². The molecule has 0 spiro atoms. The third kappa shape index (κ3) is 4.24. The lowest BCUT2D eigenvalue weighted by atomic mass is 10.1. The van der Waals surface area contributed by atoms with Crippen LogP contribution in [0.25, 0.3) is 0 Å². The molecule has 0 aliphatic rings. The number of aryl methyl sites for hydroxylation is 2. The summed E-state index contributed by atoms with van der Waals surface area (Å²) < 4.78 is 25.2. The fourth-order valence-corrected chi connectivity index (χ4v) is 3.02. The largest absolute Gasteiger partial charge is 0.355 e. The van der Waals surface area contributed by atoms with Crippen molar-refractivity contribution in [3.63, 3.8) is 0 Å². The first-order valence-electron chi connectivity index (χ1n) is 6.02. The summed E-state index contributed by atoms with van der Waals surface area (Å²) in [5, 5.41) is 2.61. The number of anilines is 1. The molecule has 1 rings (SSSR count). The van der Waals surface area contributed by atoms with E-state index in [1.54, 1.807) is 0 Å². The van der Waals surface area contributed by atoms with Gasteiger partial charge in [0.2, 0.25) is 15.9 Å². The first-order valence-corrected chi connectivity index (χ1v) is 7.86. The minimum atomic E-state index is -3.38. The highest BCUT2D eigenvalue weighted by Gasteiger charge is 2.20. The molecule has 0 aliphatic heterocycles. The van der Waals surface area contributed by atoms with Crippen LogP contribution in [0.1, 0.15) is 18.1 Å². The Morgan fingerprint density at radius 3 is 2.21 bits per heavy atom. The fraction of sp³-hybridized carbons (Fsp3) is 0.462. The number of benzene rings is 1. The van der Waals surface area contributed by atoms with E-state index in [4.69, 9.17) is 0 Å². The molecule has 0 radical (unpaired) electrons. The molecule has 0 atom stereocenters. The van der Waals surface area contributed by atoms with Gasteiger partial charge in [0.1, 0.15) is 0 Å². The van der Waals surface area contributed by atoms with Crippen molar-refractivity contribution in [2.24, 2.45) is 0 Å². The maximum absolute atomic E-state index is 11.9. The smallest absolute Gasteiger partial charge is 0.232 e. The predicted molar refractivity (Wildman–Crippen MR) is 76.8 cm³/mol. The molecule has 0 saturated heterocycles. The van der Waals surface area contributed by atoms with Crippen LogP contribution in [0.4, 0.5) is 5.69 Å². The molecule has 1 aromatic rings. The Hall–Kier alpha value is -1.56. The van der Waals surface area contributed by atoms with Gasteiger partial charge < -0.3 is 5.32 Å². The van der Waals surface area contributed by atoms with Crippen LogP contribution in [0.3, 0.4) is 0 Å². The van der Waals surface area contributed by atoms with E-state index in [0.29, 0.717) is 5.69 Å². The summed E-state index contributed by atoms with van der Waals surface area (Å²) >= 11 is 0. The number of nitrogens with zero attached hydrogens (tertiary/aromatic N) is 1. The molecule has 0 unspecified atom stereocenters. The van der Waals surface area contributed by atoms with Gasteiger partial charge >= 0.3 is 0 Å². The molecule has 5 nitrogen and oxygen atoms in total. The fourth-order valence-electron chi connectivity index (χ4n) is 1.98. The van der Waals surface area contributed by atoms with Crippen LogP contribution in [-0.2, 0) is 14.8 Å². The molecule has 0 saturated carbocycles. The van der Waals surface area contributed by atoms with Crippen LogP contribution in [0.2, 0.25) is 0 Å². The number of rotatable bonds is 5. The summed E-state index contributed by atoms with van der Waals surface area (Å²) in [6, 6.07) is 5.64.